The molecule has 0 radical (unpaired) electrons. The molecular weight excluding hydrogens is 721 g/mol. The topological polar surface area (TPSA) is 56.7 Å². The van der Waals surface area contributed by atoms with E-state index in [1.165, 1.54) is 33.0 Å². The Balaban J connectivity index is 1.12. The summed E-state index contributed by atoms with van der Waals surface area (Å²) in [6.45, 7) is 4.73. The van der Waals surface area contributed by atoms with Crippen LogP contribution in [0.25, 0.3) is 106 Å². The summed E-state index contributed by atoms with van der Waals surface area (Å²) in [4.78, 5) is 15.5. The van der Waals surface area contributed by atoms with Crippen molar-refractivity contribution >= 4 is 43.7 Å². The van der Waals surface area contributed by atoms with E-state index in [-0.39, 0.29) is 5.41 Å². The fraction of sp³-hybridized carbons (Fsp3) is 0.0556. The Labute approximate surface area is 340 Å². The lowest BCUT2D eigenvalue weighted by atomic mass is 9.80. The Morgan fingerprint density at radius 1 is 0.441 bits per heavy atom. The molecule has 5 nitrogen and oxygen atoms in total. The van der Waals surface area contributed by atoms with Crippen LogP contribution in [0.5, 0.6) is 0 Å². The number of nitrogens with zero attached hydrogens (tertiary/aromatic N) is 4. The lowest BCUT2D eigenvalue weighted by Gasteiger charge is -2.22. The number of fused-ring (bicyclic) bond motifs is 10. The highest BCUT2D eigenvalue weighted by Crippen LogP contribution is 2.53. The lowest BCUT2D eigenvalue weighted by Crippen LogP contribution is -2.15. The number of hydrogen-bond acceptors (Lipinski definition) is 4. The molecule has 0 saturated carbocycles. The maximum absolute atomic E-state index is 6.90. The molecule has 0 amide bonds. The number of benzene rings is 8. The normalized spacial score (nSPS) is 13.1. The number of aromatic nitrogens is 4. The van der Waals surface area contributed by atoms with E-state index in [0.717, 1.165) is 66.5 Å². The number of furan rings is 1. The average Bonchev–Trinajstić information content (AvgIpc) is 3.92. The minimum Gasteiger partial charge on any atom is -0.455 e. The van der Waals surface area contributed by atoms with E-state index in [1.807, 2.05) is 48.5 Å². The minimum atomic E-state index is -0.171. The van der Waals surface area contributed by atoms with Crippen molar-refractivity contribution in [1.29, 1.82) is 0 Å². The molecule has 0 saturated heterocycles. The van der Waals surface area contributed by atoms with Gasteiger partial charge in [-0.25, -0.2) is 15.0 Å². The molecule has 59 heavy (non-hydrogen) atoms. The molecule has 8 aromatic carbocycles. The maximum Gasteiger partial charge on any atom is 0.167 e. The van der Waals surface area contributed by atoms with Crippen molar-refractivity contribution in [2.75, 3.05) is 0 Å². The molecular formula is C54H36N4O. The molecule has 0 N–H and O–H groups in total. The monoisotopic (exact) mass is 756 g/mol. The second-order valence-corrected chi connectivity index (χ2v) is 16.0. The van der Waals surface area contributed by atoms with Gasteiger partial charge < -0.3 is 8.98 Å². The highest BCUT2D eigenvalue weighted by molar-refractivity contribution is 6.18. The number of rotatable bonds is 5. The average molecular weight is 757 g/mol. The summed E-state index contributed by atoms with van der Waals surface area (Å²) in [5.74, 6) is 1.75. The first kappa shape index (κ1) is 33.5. The van der Waals surface area contributed by atoms with E-state index >= 15 is 0 Å². The Kier molecular flexibility index (Phi) is 7.20. The molecule has 0 bridgehead atoms. The Hall–Kier alpha value is -7.63. The first-order chi connectivity index (χ1) is 29.0. The first-order valence-corrected chi connectivity index (χ1v) is 20.1. The zero-order chi connectivity index (χ0) is 39.2. The summed E-state index contributed by atoms with van der Waals surface area (Å²) < 4.78 is 9.34. The highest BCUT2D eigenvalue weighted by atomic mass is 16.3. The molecule has 3 heterocycles. The Morgan fingerprint density at radius 2 is 1.07 bits per heavy atom. The van der Waals surface area contributed by atoms with Crippen molar-refractivity contribution in [3.63, 3.8) is 0 Å². The van der Waals surface area contributed by atoms with Crippen LogP contribution in [-0.2, 0) is 5.41 Å². The fourth-order valence-electron chi connectivity index (χ4n) is 9.57. The van der Waals surface area contributed by atoms with Crippen LogP contribution in [0.3, 0.4) is 0 Å². The van der Waals surface area contributed by atoms with Crippen molar-refractivity contribution < 1.29 is 4.42 Å². The van der Waals surface area contributed by atoms with E-state index < -0.39 is 0 Å². The van der Waals surface area contributed by atoms with Crippen LogP contribution in [0.1, 0.15) is 25.0 Å². The van der Waals surface area contributed by atoms with Gasteiger partial charge in [-0.1, -0.05) is 159 Å². The minimum absolute atomic E-state index is 0.171. The first-order valence-electron chi connectivity index (χ1n) is 20.1. The van der Waals surface area contributed by atoms with E-state index in [9.17, 15) is 0 Å². The summed E-state index contributed by atoms with van der Waals surface area (Å²) in [5.41, 5.74) is 14.9. The van der Waals surface area contributed by atoms with Crippen LogP contribution in [0.2, 0.25) is 0 Å². The second kappa shape index (κ2) is 12.7. The molecule has 11 aromatic rings. The van der Waals surface area contributed by atoms with Crippen molar-refractivity contribution in [2.45, 2.75) is 19.3 Å². The summed E-state index contributed by atoms with van der Waals surface area (Å²) >= 11 is 0. The van der Waals surface area contributed by atoms with Gasteiger partial charge in [0.15, 0.2) is 17.5 Å². The van der Waals surface area contributed by atoms with Gasteiger partial charge in [0.2, 0.25) is 0 Å². The quantitative estimate of drug-likeness (QED) is 0.175. The summed E-state index contributed by atoms with van der Waals surface area (Å²) in [6.07, 6.45) is 0. The molecule has 1 aliphatic rings. The van der Waals surface area contributed by atoms with E-state index in [4.69, 9.17) is 19.4 Å². The smallest absolute Gasteiger partial charge is 0.167 e. The van der Waals surface area contributed by atoms with Crippen LogP contribution in [-0.4, -0.2) is 19.5 Å². The van der Waals surface area contributed by atoms with Crippen LogP contribution < -0.4 is 0 Å². The van der Waals surface area contributed by atoms with Crippen LogP contribution in [0.4, 0.5) is 0 Å². The third kappa shape index (κ3) is 5.01. The van der Waals surface area contributed by atoms with Gasteiger partial charge in [0.25, 0.3) is 0 Å². The molecule has 3 aromatic heterocycles. The van der Waals surface area contributed by atoms with Gasteiger partial charge in [0.05, 0.1) is 27.7 Å². The van der Waals surface area contributed by atoms with Gasteiger partial charge in [-0.05, 0) is 69.8 Å². The predicted octanol–water partition coefficient (Wildman–Crippen LogP) is 13.8. The van der Waals surface area contributed by atoms with Gasteiger partial charge in [0.1, 0.15) is 11.2 Å². The van der Waals surface area contributed by atoms with Gasteiger partial charge in [-0.15, -0.1) is 0 Å². The molecule has 0 atom stereocenters. The molecule has 278 valence electrons. The van der Waals surface area contributed by atoms with E-state index in [0.29, 0.717) is 17.5 Å². The lowest BCUT2D eigenvalue weighted by molar-refractivity contribution is 0.666. The highest BCUT2D eigenvalue weighted by Gasteiger charge is 2.38. The van der Waals surface area contributed by atoms with E-state index in [2.05, 4.69) is 152 Å². The summed E-state index contributed by atoms with van der Waals surface area (Å²) in [6, 6.07) is 63.9. The largest absolute Gasteiger partial charge is 0.455 e. The van der Waals surface area contributed by atoms with Crippen LogP contribution in [0.15, 0.2) is 186 Å². The predicted molar refractivity (Wildman–Crippen MR) is 241 cm³/mol. The van der Waals surface area contributed by atoms with Gasteiger partial charge in [-0.2, -0.15) is 0 Å². The fourth-order valence-corrected chi connectivity index (χ4v) is 9.57. The second-order valence-electron chi connectivity index (χ2n) is 16.0. The van der Waals surface area contributed by atoms with Gasteiger partial charge in [-0.3, -0.25) is 0 Å². The van der Waals surface area contributed by atoms with E-state index in [1.54, 1.807) is 0 Å². The third-order valence-electron chi connectivity index (χ3n) is 12.2. The molecule has 12 rings (SSSR count). The maximum atomic E-state index is 6.90. The van der Waals surface area contributed by atoms with Crippen LogP contribution in [0, 0.1) is 0 Å². The van der Waals surface area contributed by atoms with Gasteiger partial charge in [0, 0.05) is 32.7 Å². The molecule has 0 fully saturated rings. The number of hydrogen-bond donors (Lipinski definition) is 0. The van der Waals surface area contributed by atoms with Crippen LogP contribution >= 0.6 is 0 Å². The van der Waals surface area contributed by atoms with Crippen molar-refractivity contribution in [3.05, 3.63) is 193 Å². The van der Waals surface area contributed by atoms with Crippen molar-refractivity contribution in [1.82, 2.24) is 19.5 Å². The molecule has 0 unspecified atom stereocenters. The van der Waals surface area contributed by atoms with Crippen molar-refractivity contribution in [2.24, 2.45) is 0 Å². The zero-order valence-electron chi connectivity index (χ0n) is 32.5. The SMILES string of the molecule is CC1(C)c2ccccc2-c2ccc3c(c21)c1ccccc1n3-c1ccc(-c2nc(-c3ccccc3)nc(-c3cccc(-c4ccccc4)c3)n2)c2oc3ccccc3c12. The molecule has 0 aliphatic heterocycles. The standard InChI is InChI=1S/C54H36N4O/c1-54(2)42-25-12-9-22-37(42)38-28-30-44-47(49(38)54)39-23-10-13-26-43(39)58(44)45-31-29-41(50-48(45)40-24-11-14-27-46(40)59-50)53-56-51(34-18-7-4-8-19-34)55-52(57-53)36-21-15-20-35(32-36)33-16-5-3-6-17-33/h3-32H,1-2H3. The summed E-state index contributed by atoms with van der Waals surface area (Å²) in [7, 11) is 0. The number of para-hydroxylation sites is 2. The Bertz CT molecular complexity index is 3470. The molecule has 5 heteroatoms. The summed E-state index contributed by atoms with van der Waals surface area (Å²) in [5, 5.41) is 4.57. The third-order valence-corrected chi connectivity index (χ3v) is 12.2. The zero-order valence-corrected chi connectivity index (χ0v) is 32.5. The Morgan fingerprint density at radius 3 is 1.90 bits per heavy atom. The molecule has 1 aliphatic carbocycles. The van der Waals surface area contributed by atoms with Gasteiger partial charge >= 0.3 is 0 Å². The molecule has 0 spiro atoms. The van der Waals surface area contributed by atoms with Crippen molar-refractivity contribution in [3.8, 4) is 62.1 Å².